The average Bonchev–Trinajstić information content (AvgIpc) is 2.91. The van der Waals surface area contributed by atoms with Crippen molar-refractivity contribution < 1.29 is 0 Å². The highest BCUT2D eigenvalue weighted by atomic mass is 79.9. The molecule has 0 fully saturated rings. The van der Waals surface area contributed by atoms with E-state index in [0.717, 1.165) is 45.5 Å². The van der Waals surface area contributed by atoms with Crippen molar-refractivity contribution in [2.24, 2.45) is 0 Å². The number of imidazole rings is 1. The first-order chi connectivity index (χ1) is 10.7. The second-order valence-electron chi connectivity index (χ2n) is 5.48. The number of nitrogens with zero attached hydrogens (tertiary/aromatic N) is 3. The van der Waals surface area contributed by atoms with Crippen LogP contribution in [0.15, 0.2) is 33.5 Å². The van der Waals surface area contributed by atoms with Crippen LogP contribution in [0, 0.1) is 6.92 Å². The van der Waals surface area contributed by atoms with Crippen LogP contribution in [0.2, 0.25) is 0 Å². The average molecular weight is 422 g/mol. The number of halogens is 2. The maximum Gasteiger partial charge on any atom is 0.208 e. The molecule has 0 bridgehead atoms. The lowest BCUT2D eigenvalue weighted by atomic mass is 9.99. The summed E-state index contributed by atoms with van der Waals surface area (Å²) < 4.78 is 4.43. The molecule has 0 aliphatic carbocycles. The molecule has 0 atom stereocenters. The third-order valence-corrected chi connectivity index (χ3v) is 6.48. The fourth-order valence-corrected chi connectivity index (χ4v) is 4.09. The molecule has 0 radical (unpaired) electrons. The summed E-state index contributed by atoms with van der Waals surface area (Å²) >= 11 is 7.38. The van der Waals surface area contributed by atoms with Gasteiger partial charge in [-0.05, 0) is 74.9 Å². The first kappa shape index (κ1) is 14.2. The summed E-state index contributed by atoms with van der Waals surface area (Å²) in [6.45, 7) is 3.16. The monoisotopic (exact) mass is 420 g/mol. The molecule has 6 heteroatoms. The van der Waals surface area contributed by atoms with Gasteiger partial charge >= 0.3 is 0 Å². The van der Waals surface area contributed by atoms with E-state index in [2.05, 4.69) is 53.7 Å². The van der Waals surface area contributed by atoms with Crippen molar-refractivity contribution in [2.75, 3.05) is 5.32 Å². The second kappa shape index (κ2) is 5.35. The molecule has 112 valence electrons. The summed E-state index contributed by atoms with van der Waals surface area (Å²) in [4.78, 5) is 8.89. The fourth-order valence-electron chi connectivity index (χ4n) is 3.09. The molecule has 1 aliphatic rings. The molecule has 3 aromatic rings. The summed E-state index contributed by atoms with van der Waals surface area (Å²) in [6, 6.07) is 3.90. The molecule has 2 aromatic heterocycles. The van der Waals surface area contributed by atoms with Gasteiger partial charge in [-0.25, -0.2) is 4.98 Å². The van der Waals surface area contributed by atoms with Crippen molar-refractivity contribution in [1.29, 1.82) is 0 Å². The maximum absolute atomic E-state index is 4.84. The van der Waals surface area contributed by atoms with Gasteiger partial charge in [0.15, 0.2) is 0 Å². The highest BCUT2D eigenvalue weighted by molar-refractivity contribution is 9.13. The molecule has 0 unspecified atom stereocenters. The molecule has 0 saturated heterocycles. The number of anilines is 2. The minimum absolute atomic E-state index is 0.889. The molecule has 1 aliphatic heterocycles. The lowest BCUT2D eigenvalue weighted by Crippen LogP contribution is -2.11. The number of aromatic nitrogens is 3. The van der Waals surface area contributed by atoms with Crippen molar-refractivity contribution in [3.8, 4) is 0 Å². The third kappa shape index (κ3) is 2.08. The summed E-state index contributed by atoms with van der Waals surface area (Å²) in [5, 5.41) is 3.42. The van der Waals surface area contributed by atoms with E-state index in [1.54, 1.807) is 12.4 Å². The number of rotatable bonds is 2. The predicted octanol–water partition coefficient (Wildman–Crippen LogP) is 4.95. The Morgan fingerprint density at radius 3 is 2.73 bits per heavy atom. The number of nitrogens with one attached hydrogen (secondary N) is 1. The Morgan fingerprint density at radius 2 is 1.95 bits per heavy atom. The van der Waals surface area contributed by atoms with Gasteiger partial charge in [-0.3, -0.25) is 4.98 Å². The van der Waals surface area contributed by atoms with Gasteiger partial charge in [0.2, 0.25) is 5.95 Å². The van der Waals surface area contributed by atoms with Crippen molar-refractivity contribution in [3.63, 3.8) is 0 Å². The number of hydrogen-bond acceptors (Lipinski definition) is 3. The van der Waals surface area contributed by atoms with Gasteiger partial charge in [-0.15, -0.1) is 0 Å². The topological polar surface area (TPSA) is 42.7 Å². The highest BCUT2D eigenvalue weighted by Gasteiger charge is 2.24. The Morgan fingerprint density at radius 1 is 1.18 bits per heavy atom. The highest BCUT2D eigenvalue weighted by Crippen LogP contribution is 2.41. The molecule has 0 spiro atoms. The van der Waals surface area contributed by atoms with E-state index >= 15 is 0 Å². The van der Waals surface area contributed by atoms with E-state index in [1.165, 1.54) is 16.6 Å². The van der Waals surface area contributed by atoms with Gasteiger partial charge in [0.25, 0.3) is 0 Å². The summed E-state index contributed by atoms with van der Waals surface area (Å²) in [5.74, 6) is 0.889. The molecular formula is C16H14Br2N4. The molecule has 4 rings (SSSR count). The van der Waals surface area contributed by atoms with E-state index in [0.29, 0.717) is 0 Å². The van der Waals surface area contributed by atoms with Crippen LogP contribution in [0.4, 0.5) is 11.6 Å². The Kier molecular flexibility index (Phi) is 3.46. The minimum Gasteiger partial charge on any atom is -0.325 e. The lowest BCUT2D eigenvalue weighted by Gasteiger charge is -2.20. The van der Waals surface area contributed by atoms with Crippen LogP contribution in [-0.2, 0) is 13.0 Å². The van der Waals surface area contributed by atoms with Crippen LogP contribution in [0.25, 0.3) is 11.0 Å². The van der Waals surface area contributed by atoms with Crippen LogP contribution in [-0.4, -0.2) is 14.5 Å². The van der Waals surface area contributed by atoms with Gasteiger partial charge in [0.05, 0.1) is 9.99 Å². The lowest BCUT2D eigenvalue weighted by molar-refractivity contribution is 0.636. The predicted molar refractivity (Wildman–Crippen MR) is 95.7 cm³/mol. The Labute approximate surface area is 145 Å². The zero-order chi connectivity index (χ0) is 15.3. The number of pyridine rings is 1. The third-order valence-electron chi connectivity index (χ3n) is 4.18. The van der Waals surface area contributed by atoms with Crippen LogP contribution in [0.5, 0.6) is 0 Å². The zero-order valence-electron chi connectivity index (χ0n) is 12.0. The van der Waals surface area contributed by atoms with E-state index in [1.807, 2.05) is 12.1 Å². The van der Waals surface area contributed by atoms with Crippen molar-refractivity contribution in [2.45, 2.75) is 26.3 Å². The van der Waals surface area contributed by atoms with E-state index in [4.69, 9.17) is 4.98 Å². The van der Waals surface area contributed by atoms with Gasteiger partial charge in [-0.2, -0.15) is 0 Å². The van der Waals surface area contributed by atoms with Crippen LogP contribution < -0.4 is 5.32 Å². The second-order valence-corrected chi connectivity index (χ2v) is 7.07. The first-order valence-corrected chi connectivity index (χ1v) is 8.79. The Balaban J connectivity index is 1.95. The van der Waals surface area contributed by atoms with Gasteiger partial charge in [0.1, 0.15) is 5.52 Å². The maximum atomic E-state index is 4.84. The van der Waals surface area contributed by atoms with Gasteiger partial charge < -0.3 is 9.88 Å². The van der Waals surface area contributed by atoms with Crippen molar-refractivity contribution in [3.05, 3.63) is 44.6 Å². The standard InChI is InChI=1S/C16H14Br2N4/c1-9-11-3-2-8-22-15(11)14(13(18)12(9)17)21-16(22)20-10-4-6-19-7-5-10/h4-7H,2-3,8H2,1H3,(H,19,20,21). The largest absolute Gasteiger partial charge is 0.325 e. The normalized spacial score (nSPS) is 13.6. The van der Waals surface area contributed by atoms with Crippen molar-refractivity contribution in [1.82, 2.24) is 14.5 Å². The first-order valence-electron chi connectivity index (χ1n) is 7.20. The number of aryl methyl sites for hydroxylation is 2. The Hall–Kier alpha value is -1.40. The summed E-state index contributed by atoms with van der Waals surface area (Å²) in [7, 11) is 0. The molecule has 4 nitrogen and oxygen atoms in total. The van der Waals surface area contributed by atoms with Crippen LogP contribution in [0.3, 0.4) is 0 Å². The van der Waals surface area contributed by atoms with E-state index < -0.39 is 0 Å². The molecular weight excluding hydrogens is 408 g/mol. The number of benzene rings is 1. The molecule has 3 heterocycles. The van der Waals surface area contributed by atoms with E-state index in [9.17, 15) is 0 Å². The molecule has 0 saturated carbocycles. The Bertz CT molecular complexity index is 871. The zero-order valence-corrected chi connectivity index (χ0v) is 15.2. The van der Waals surface area contributed by atoms with Crippen molar-refractivity contribution >= 4 is 54.5 Å². The van der Waals surface area contributed by atoms with E-state index in [-0.39, 0.29) is 0 Å². The van der Waals surface area contributed by atoms with Gasteiger partial charge in [-0.1, -0.05) is 0 Å². The van der Waals surface area contributed by atoms with Crippen LogP contribution >= 0.6 is 31.9 Å². The smallest absolute Gasteiger partial charge is 0.208 e. The molecule has 22 heavy (non-hydrogen) atoms. The van der Waals surface area contributed by atoms with Gasteiger partial charge in [0, 0.05) is 29.1 Å². The molecule has 0 amide bonds. The quantitative estimate of drug-likeness (QED) is 0.636. The summed E-state index contributed by atoms with van der Waals surface area (Å²) in [6.07, 6.45) is 5.81. The van der Waals surface area contributed by atoms with Crippen LogP contribution in [0.1, 0.15) is 17.5 Å². The molecule has 1 aromatic carbocycles. The number of hydrogen-bond donors (Lipinski definition) is 1. The molecule has 1 N–H and O–H groups in total. The fraction of sp³-hybridized carbons (Fsp3) is 0.250. The summed E-state index contributed by atoms with van der Waals surface area (Å²) in [5.41, 5.74) is 5.96. The minimum atomic E-state index is 0.889. The SMILES string of the molecule is Cc1c(Br)c(Br)c2nc(Nc3ccncc3)n3c2c1CCC3.